The number of ether oxygens (including phenoxy) is 1. The predicted octanol–water partition coefficient (Wildman–Crippen LogP) is 3.40. The summed E-state index contributed by atoms with van der Waals surface area (Å²) in [4.78, 5) is 17.1. The summed E-state index contributed by atoms with van der Waals surface area (Å²) in [5.41, 5.74) is 0.563. The largest absolute Gasteiger partial charge is 0.494 e. The molecule has 0 saturated carbocycles. The molecule has 0 spiro atoms. The number of sulfonamides is 1. The van der Waals surface area contributed by atoms with E-state index in [0.29, 0.717) is 39.0 Å². The van der Waals surface area contributed by atoms with Crippen LogP contribution in [0.15, 0.2) is 46.2 Å². The van der Waals surface area contributed by atoms with Crippen LogP contribution in [0.4, 0.5) is 5.13 Å². The lowest BCUT2D eigenvalue weighted by atomic mass is 9.97. The molecule has 0 radical (unpaired) electrons. The van der Waals surface area contributed by atoms with Gasteiger partial charge in [0, 0.05) is 25.3 Å². The van der Waals surface area contributed by atoms with Crippen molar-refractivity contribution >= 4 is 64.1 Å². The highest BCUT2D eigenvalue weighted by Crippen LogP contribution is 2.37. The molecule has 182 valence electrons. The van der Waals surface area contributed by atoms with Gasteiger partial charge in [-0.25, -0.2) is 21.8 Å². The number of carbonyl (C=O) groups is 1. The number of fused-ring (bicyclic) bond motifs is 1. The summed E-state index contributed by atoms with van der Waals surface area (Å²) in [6.07, 6.45) is 1.68. The molecule has 34 heavy (non-hydrogen) atoms. The Balaban J connectivity index is 1.44. The molecule has 4 rings (SSSR count). The summed E-state index contributed by atoms with van der Waals surface area (Å²) < 4.78 is 56.9. The van der Waals surface area contributed by atoms with Crippen LogP contribution in [0.5, 0.6) is 5.75 Å². The minimum atomic E-state index is -3.88. The van der Waals surface area contributed by atoms with E-state index in [1.807, 2.05) is 0 Å². The Kier molecular flexibility index (Phi) is 6.89. The lowest BCUT2D eigenvalue weighted by Crippen LogP contribution is -2.41. The predicted molar refractivity (Wildman–Crippen MR) is 131 cm³/mol. The van der Waals surface area contributed by atoms with Crippen molar-refractivity contribution in [2.45, 2.75) is 22.6 Å². The molecule has 1 saturated heterocycles. The van der Waals surface area contributed by atoms with Crippen LogP contribution in [0.1, 0.15) is 12.8 Å². The monoisotopic (exact) mass is 543 g/mol. The van der Waals surface area contributed by atoms with E-state index in [1.165, 1.54) is 41.0 Å². The summed E-state index contributed by atoms with van der Waals surface area (Å²) >= 11 is 7.48. The van der Waals surface area contributed by atoms with Crippen molar-refractivity contribution in [1.29, 1.82) is 0 Å². The molecular formula is C21H22ClN3O6S3. The molecule has 13 heteroatoms. The Bertz CT molecular complexity index is 1460. The number of hydrogen-bond acceptors (Lipinski definition) is 8. The Morgan fingerprint density at radius 1 is 1.15 bits per heavy atom. The van der Waals surface area contributed by atoms with Crippen LogP contribution in [0, 0.1) is 5.92 Å². The van der Waals surface area contributed by atoms with E-state index in [9.17, 15) is 21.6 Å². The Morgan fingerprint density at radius 2 is 1.82 bits per heavy atom. The van der Waals surface area contributed by atoms with Crippen LogP contribution in [-0.4, -0.2) is 58.5 Å². The molecule has 1 aromatic heterocycles. The topological polar surface area (TPSA) is 123 Å². The molecule has 0 bridgehead atoms. The van der Waals surface area contributed by atoms with Crippen molar-refractivity contribution < 1.29 is 26.4 Å². The number of nitrogens with zero attached hydrogens (tertiary/aromatic N) is 2. The molecule has 1 fully saturated rings. The minimum absolute atomic E-state index is 0.0598. The third-order valence-corrected chi connectivity index (χ3v) is 10.0. The summed E-state index contributed by atoms with van der Waals surface area (Å²) in [6.45, 7) is 0.284. The summed E-state index contributed by atoms with van der Waals surface area (Å²) in [6, 6.07) is 8.70. The van der Waals surface area contributed by atoms with E-state index in [-0.39, 0.29) is 28.8 Å². The third kappa shape index (κ3) is 4.91. The highest BCUT2D eigenvalue weighted by atomic mass is 35.5. The third-order valence-electron chi connectivity index (χ3n) is 5.60. The molecule has 1 amide bonds. The number of methoxy groups -OCH3 is 1. The van der Waals surface area contributed by atoms with Gasteiger partial charge >= 0.3 is 0 Å². The van der Waals surface area contributed by atoms with Crippen LogP contribution < -0.4 is 10.1 Å². The van der Waals surface area contributed by atoms with Crippen LogP contribution >= 0.6 is 22.9 Å². The van der Waals surface area contributed by atoms with Crippen LogP contribution in [0.25, 0.3) is 10.2 Å². The maximum absolute atomic E-state index is 13.0. The van der Waals surface area contributed by atoms with E-state index in [2.05, 4.69) is 10.3 Å². The fourth-order valence-corrected chi connectivity index (χ4v) is 7.17. The number of hydrogen-bond donors (Lipinski definition) is 1. The summed E-state index contributed by atoms with van der Waals surface area (Å²) in [5.74, 6) is -0.0851. The first-order chi connectivity index (χ1) is 16.0. The number of carbonyl (C=O) groups excluding carboxylic acids is 1. The molecule has 2 heterocycles. The number of halogens is 1. The standard InChI is InChI=1S/C21H22ClN3O6S3/c1-31-17-7-6-16(22)19-18(17)23-21(32-19)24-20(26)13-8-10-25(11-9-13)34(29,30)15-5-3-4-14(12-15)33(2,27)28/h3-7,12-13H,8-11H2,1-2H3,(H,23,24,26). The van der Waals surface area contributed by atoms with Crippen molar-refractivity contribution in [2.24, 2.45) is 5.92 Å². The number of aromatic nitrogens is 1. The average molecular weight is 544 g/mol. The molecule has 0 unspecified atom stereocenters. The normalized spacial score (nSPS) is 16.0. The Hall–Kier alpha value is -2.25. The van der Waals surface area contributed by atoms with Gasteiger partial charge in [-0.2, -0.15) is 4.31 Å². The molecule has 3 aromatic rings. The average Bonchev–Trinajstić information content (AvgIpc) is 3.23. The minimum Gasteiger partial charge on any atom is -0.494 e. The van der Waals surface area contributed by atoms with Gasteiger partial charge in [-0.3, -0.25) is 4.79 Å². The molecule has 0 aliphatic carbocycles. The molecule has 9 nitrogen and oxygen atoms in total. The number of thiazole rings is 1. The second kappa shape index (κ2) is 9.42. The lowest BCUT2D eigenvalue weighted by Gasteiger charge is -2.30. The zero-order valence-electron chi connectivity index (χ0n) is 18.3. The van der Waals surface area contributed by atoms with Crippen LogP contribution in [-0.2, 0) is 24.7 Å². The number of anilines is 1. The van der Waals surface area contributed by atoms with Gasteiger partial charge < -0.3 is 10.1 Å². The Labute approximate surface area is 206 Å². The first kappa shape index (κ1) is 24.9. The van der Waals surface area contributed by atoms with Crippen molar-refractivity contribution in [3.8, 4) is 5.75 Å². The number of nitrogens with one attached hydrogen (secondary N) is 1. The second-order valence-corrected chi connectivity index (χ2v) is 13.2. The SMILES string of the molecule is COc1ccc(Cl)c2sc(NC(=O)C3CCN(S(=O)(=O)c4cccc(S(C)(=O)=O)c4)CC3)nc12. The number of rotatable bonds is 6. The fraction of sp³-hybridized carbons (Fsp3) is 0.333. The van der Waals surface area contributed by atoms with Crippen molar-refractivity contribution in [1.82, 2.24) is 9.29 Å². The molecule has 0 atom stereocenters. The van der Waals surface area contributed by atoms with Gasteiger partial charge in [-0.1, -0.05) is 29.0 Å². The zero-order chi connectivity index (χ0) is 24.7. The van der Waals surface area contributed by atoms with Gasteiger partial charge in [0.05, 0.1) is 26.6 Å². The first-order valence-electron chi connectivity index (χ1n) is 10.2. The van der Waals surface area contributed by atoms with Gasteiger partial charge in [0.2, 0.25) is 15.9 Å². The van der Waals surface area contributed by atoms with Crippen molar-refractivity contribution in [2.75, 3.05) is 31.8 Å². The van der Waals surface area contributed by atoms with E-state index < -0.39 is 25.8 Å². The maximum Gasteiger partial charge on any atom is 0.243 e. The van der Waals surface area contributed by atoms with Crippen molar-refractivity contribution in [3.05, 3.63) is 41.4 Å². The van der Waals surface area contributed by atoms with Gasteiger partial charge in [0.25, 0.3) is 0 Å². The van der Waals surface area contributed by atoms with E-state index in [4.69, 9.17) is 16.3 Å². The molecule has 2 aromatic carbocycles. The zero-order valence-corrected chi connectivity index (χ0v) is 21.5. The van der Waals surface area contributed by atoms with Crippen LogP contribution in [0.2, 0.25) is 5.02 Å². The quantitative estimate of drug-likeness (QED) is 0.505. The second-order valence-electron chi connectivity index (χ2n) is 7.86. The summed E-state index contributed by atoms with van der Waals surface area (Å²) in [7, 11) is -5.90. The van der Waals surface area contributed by atoms with Gasteiger partial charge in [-0.15, -0.1) is 0 Å². The van der Waals surface area contributed by atoms with E-state index in [0.717, 1.165) is 12.3 Å². The van der Waals surface area contributed by atoms with Gasteiger partial charge in [-0.05, 0) is 43.2 Å². The van der Waals surface area contributed by atoms with E-state index in [1.54, 1.807) is 12.1 Å². The van der Waals surface area contributed by atoms with Gasteiger partial charge in [0.15, 0.2) is 15.0 Å². The highest BCUT2D eigenvalue weighted by molar-refractivity contribution is 7.91. The van der Waals surface area contributed by atoms with Crippen molar-refractivity contribution in [3.63, 3.8) is 0 Å². The van der Waals surface area contributed by atoms with Crippen LogP contribution in [0.3, 0.4) is 0 Å². The summed E-state index contributed by atoms with van der Waals surface area (Å²) in [5, 5.41) is 3.70. The first-order valence-corrected chi connectivity index (χ1v) is 14.8. The maximum atomic E-state index is 13.0. The molecular weight excluding hydrogens is 522 g/mol. The highest BCUT2D eigenvalue weighted by Gasteiger charge is 2.33. The molecule has 1 aliphatic heterocycles. The fourth-order valence-electron chi connectivity index (χ4n) is 3.75. The number of piperidine rings is 1. The Morgan fingerprint density at radius 3 is 2.47 bits per heavy atom. The number of benzene rings is 2. The lowest BCUT2D eigenvalue weighted by molar-refractivity contribution is -0.120. The smallest absolute Gasteiger partial charge is 0.243 e. The van der Waals surface area contributed by atoms with E-state index >= 15 is 0 Å². The number of amides is 1. The number of sulfone groups is 1. The molecule has 1 N–H and O–H groups in total. The molecule has 1 aliphatic rings. The van der Waals surface area contributed by atoms with Gasteiger partial charge in [0.1, 0.15) is 11.3 Å².